The normalized spacial score (nSPS) is 14.1. The van der Waals surface area contributed by atoms with Gasteiger partial charge in [-0.05, 0) is 30.5 Å². The van der Waals surface area contributed by atoms with E-state index in [2.05, 4.69) is 5.32 Å². The average Bonchev–Trinajstić information content (AvgIpc) is 2.43. The van der Waals surface area contributed by atoms with Crippen LogP contribution in [0, 0.1) is 0 Å². The molecular weight excluding hydrogens is 270 g/mol. The second-order valence-corrected chi connectivity index (χ2v) is 4.44. The molecule has 0 radical (unpaired) electrons. The molecule has 5 nitrogen and oxygen atoms in total. The Hall–Kier alpha value is -2.18. The van der Waals surface area contributed by atoms with Crippen LogP contribution in [-0.4, -0.2) is 36.6 Å². The van der Waals surface area contributed by atoms with Crippen molar-refractivity contribution in [2.45, 2.75) is 19.3 Å². The van der Waals surface area contributed by atoms with Crippen molar-refractivity contribution >= 4 is 17.7 Å². The molecule has 0 fully saturated rings. The van der Waals surface area contributed by atoms with Gasteiger partial charge in [0.1, 0.15) is 0 Å². The Bertz CT molecular complexity index is 534. The molecule has 20 heavy (non-hydrogen) atoms. The molecule has 2 N–H and O–H groups in total. The zero-order valence-corrected chi connectivity index (χ0v) is 10.6. The van der Waals surface area contributed by atoms with Gasteiger partial charge < -0.3 is 10.4 Å². The summed E-state index contributed by atoms with van der Waals surface area (Å²) in [5.41, 5.74) is 1.19. The van der Waals surface area contributed by atoms with E-state index >= 15 is 0 Å². The lowest BCUT2D eigenvalue weighted by molar-refractivity contribution is 0.0695. The summed E-state index contributed by atoms with van der Waals surface area (Å²) in [7, 11) is 0. The zero-order valence-electron chi connectivity index (χ0n) is 10.6. The third-order valence-corrected chi connectivity index (χ3v) is 3.13. The van der Waals surface area contributed by atoms with Gasteiger partial charge >= 0.3 is 12.0 Å². The van der Waals surface area contributed by atoms with Gasteiger partial charge in [-0.15, -0.1) is 0 Å². The molecule has 1 aromatic carbocycles. The Balaban J connectivity index is 2.26. The van der Waals surface area contributed by atoms with Crippen LogP contribution in [0.2, 0.25) is 0 Å². The number of carboxylic acids is 1. The van der Waals surface area contributed by atoms with Crippen LogP contribution < -0.4 is 10.2 Å². The van der Waals surface area contributed by atoms with Crippen molar-refractivity contribution < 1.29 is 23.5 Å². The van der Waals surface area contributed by atoms with Crippen LogP contribution in [0.3, 0.4) is 0 Å². The fourth-order valence-corrected chi connectivity index (χ4v) is 2.30. The van der Waals surface area contributed by atoms with Crippen LogP contribution in [0.25, 0.3) is 0 Å². The van der Waals surface area contributed by atoms with Gasteiger partial charge in [0.25, 0.3) is 6.43 Å². The molecule has 1 aliphatic rings. The molecule has 1 aromatic rings. The van der Waals surface area contributed by atoms with Crippen LogP contribution in [-0.2, 0) is 6.42 Å². The Morgan fingerprint density at radius 3 is 2.80 bits per heavy atom. The van der Waals surface area contributed by atoms with Crippen LogP contribution in [0.15, 0.2) is 18.2 Å². The highest BCUT2D eigenvalue weighted by atomic mass is 19.3. The van der Waals surface area contributed by atoms with Crippen molar-refractivity contribution in [1.82, 2.24) is 5.32 Å². The highest BCUT2D eigenvalue weighted by Crippen LogP contribution is 2.29. The molecule has 7 heteroatoms. The Morgan fingerprint density at radius 1 is 1.40 bits per heavy atom. The van der Waals surface area contributed by atoms with Gasteiger partial charge in [0.05, 0.1) is 12.1 Å². The Labute approximate surface area is 114 Å². The number of anilines is 1. The van der Waals surface area contributed by atoms with Gasteiger partial charge in [-0.25, -0.2) is 18.4 Å². The molecule has 0 aromatic heterocycles. The maximum atomic E-state index is 12.1. The number of aromatic carboxylic acids is 1. The van der Waals surface area contributed by atoms with E-state index in [1.165, 1.54) is 11.0 Å². The summed E-state index contributed by atoms with van der Waals surface area (Å²) in [5.74, 6) is -1.06. The van der Waals surface area contributed by atoms with E-state index in [1.807, 2.05) is 0 Å². The Morgan fingerprint density at radius 2 is 2.15 bits per heavy atom. The fourth-order valence-electron chi connectivity index (χ4n) is 2.30. The number of hydrogen-bond acceptors (Lipinski definition) is 2. The summed E-state index contributed by atoms with van der Waals surface area (Å²) in [6, 6.07) is 4.01. The predicted molar refractivity (Wildman–Crippen MR) is 68.5 cm³/mol. The number of benzene rings is 1. The van der Waals surface area contributed by atoms with Gasteiger partial charge in [0.15, 0.2) is 0 Å². The van der Waals surface area contributed by atoms with Gasteiger partial charge in [-0.2, -0.15) is 0 Å². The highest BCUT2D eigenvalue weighted by Gasteiger charge is 2.26. The summed E-state index contributed by atoms with van der Waals surface area (Å²) in [4.78, 5) is 24.3. The van der Waals surface area contributed by atoms with E-state index < -0.39 is 25.0 Å². The predicted octanol–water partition coefficient (Wildman–Crippen LogP) is 2.11. The van der Waals surface area contributed by atoms with Crippen LogP contribution in [0.1, 0.15) is 22.3 Å². The van der Waals surface area contributed by atoms with Crippen molar-refractivity contribution in [3.8, 4) is 0 Å². The molecule has 108 valence electrons. The summed E-state index contributed by atoms with van der Waals surface area (Å²) in [6.45, 7) is -0.339. The quantitative estimate of drug-likeness (QED) is 0.893. The van der Waals surface area contributed by atoms with E-state index in [-0.39, 0.29) is 5.56 Å². The van der Waals surface area contributed by atoms with Crippen LogP contribution in [0.5, 0.6) is 0 Å². The number of fused-ring (bicyclic) bond motifs is 1. The van der Waals surface area contributed by atoms with Crippen molar-refractivity contribution in [1.29, 1.82) is 0 Å². The van der Waals surface area contributed by atoms with E-state index in [4.69, 9.17) is 5.11 Å². The first kappa shape index (κ1) is 14.2. The number of nitrogens with zero attached hydrogens (tertiary/aromatic N) is 1. The minimum absolute atomic E-state index is 0.147. The lowest BCUT2D eigenvalue weighted by Gasteiger charge is -2.30. The third kappa shape index (κ3) is 2.87. The molecule has 0 saturated carbocycles. The number of hydrogen-bond donors (Lipinski definition) is 2. The molecule has 0 bridgehead atoms. The summed E-state index contributed by atoms with van der Waals surface area (Å²) < 4.78 is 24.2. The standard InChI is InChI=1S/C13H14F2N2O3/c14-11(15)7-16-13(20)17-6-2-4-8-9(12(18)19)3-1-5-10(8)17/h1,3,5,11H,2,4,6-7H2,(H,16,20)(H,18,19). The van der Waals surface area contributed by atoms with Crippen molar-refractivity contribution in [3.63, 3.8) is 0 Å². The number of nitrogens with one attached hydrogen (secondary N) is 1. The number of alkyl halides is 2. The maximum Gasteiger partial charge on any atom is 0.336 e. The smallest absolute Gasteiger partial charge is 0.336 e. The number of amides is 2. The lowest BCUT2D eigenvalue weighted by Crippen LogP contribution is -2.44. The first-order valence-corrected chi connectivity index (χ1v) is 6.19. The van der Waals surface area contributed by atoms with Gasteiger partial charge in [0.2, 0.25) is 0 Å². The van der Waals surface area contributed by atoms with Gasteiger partial charge in [0, 0.05) is 12.2 Å². The third-order valence-electron chi connectivity index (χ3n) is 3.13. The molecule has 1 aliphatic heterocycles. The van der Waals surface area contributed by atoms with E-state index in [1.54, 1.807) is 12.1 Å². The summed E-state index contributed by atoms with van der Waals surface area (Å²) in [6.07, 6.45) is -1.47. The molecule has 0 unspecified atom stereocenters. The van der Waals surface area contributed by atoms with Gasteiger partial charge in [-0.1, -0.05) is 6.07 Å². The second kappa shape index (κ2) is 5.85. The van der Waals surface area contributed by atoms with Gasteiger partial charge in [-0.3, -0.25) is 4.90 Å². The van der Waals surface area contributed by atoms with Crippen molar-refractivity contribution in [3.05, 3.63) is 29.3 Å². The summed E-state index contributed by atoms with van der Waals surface area (Å²) in [5, 5.41) is 11.3. The molecule has 1 heterocycles. The molecule has 0 atom stereocenters. The van der Waals surface area contributed by atoms with E-state index in [0.717, 1.165) is 0 Å². The number of halogens is 2. The average molecular weight is 284 g/mol. The lowest BCUT2D eigenvalue weighted by atomic mass is 9.96. The minimum Gasteiger partial charge on any atom is -0.478 e. The molecule has 0 aliphatic carbocycles. The molecule has 2 amide bonds. The molecule has 0 spiro atoms. The largest absolute Gasteiger partial charge is 0.478 e. The number of urea groups is 1. The maximum absolute atomic E-state index is 12.1. The minimum atomic E-state index is -2.62. The fraction of sp³-hybridized carbons (Fsp3) is 0.385. The van der Waals surface area contributed by atoms with E-state index in [9.17, 15) is 18.4 Å². The first-order chi connectivity index (χ1) is 9.50. The van der Waals surface area contributed by atoms with Crippen molar-refractivity contribution in [2.75, 3.05) is 18.0 Å². The Kier molecular flexibility index (Phi) is 4.16. The number of carbonyl (C=O) groups excluding carboxylic acids is 1. The number of carboxylic acid groups (broad SMARTS) is 1. The number of carbonyl (C=O) groups is 2. The van der Waals surface area contributed by atoms with Crippen molar-refractivity contribution in [2.24, 2.45) is 0 Å². The monoisotopic (exact) mass is 284 g/mol. The molecule has 0 saturated heterocycles. The SMILES string of the molecule is O=C(O)c1cccc2c1CCCN2C(=O)NCC(F)F. The second-order valence-electron chi connectivity index (χ2n) is 4.44. The first-order valence-electron chi connectivity index (χ1n) is 6.19. The molecular formula is C13H14F2N2O3. The highest BCUT2D eigenvalue weighted by molar-refractivity contribution is 5.97. The topological polar surface area (TPSA) is 69.6 Å². The van der Waals surface area contributed by atoms with Crippen LogP contribution >= 0.6 is 0 Å². The molecule has 2 rings (SSSR count). The zero-order chi connectivity index (χ0) is 14.7. The number of rotatable bonds is 3. The summed E-state index contributed by atoms with van der Waals surface area (Å²) >= 11 is 0. The van der Waals surface area contributed by atoms with E-state index in [0.29, 0.717) is 30.6 Å². The van der Waals surface area contributed by atoms with Crippen LogP contribution in [0.4, 0.5) is 19.3 Å².